The van der Waals surface area contributed by atoms with E-state index in [1.807, 2.05) is 42.5 Å². The van der Waals surface area contributed by atoms with Crippen molar-refractivity contribution in [2.45, 2.75) is 32.2 Å². The Hall–Kier alpha value is -3.69. The lowest BCUT2D eigenvalue weighted by Crippen LogP contribution is -2.47. The summed E-state index contributed by atoms with van der Waals surface area (Å²) in [6.45, 7) is 3.22. The van der Waals surface area contributed by atoms with Crippen molar-refractivity contribution in [2.24, 2.45) is 0 Å². The van der Waals surface area contributed by atoms with Crippen molar-refractivity contribution in [1.82, 2.24) is 5.01 Å². The monoisotopic (exact) mass is 457 g/mol. The van der Waals surface area contributed by atoms with E-state index in [0.717, 1.165) is 55.1 Å². The van der Waals surface area contributed by atoms with Gasteiger partial charge >= 0.3 is 0 Å². The number of hydrogen-bond donors (Lipinski definition) is 0. The van der Waals surface area contributed by atoms with Gasteiger partial charge in [-0.05, 0) is 43.2 Å². The molecular weight excluding hydrogens is 432 g/mol. The molecule has 0 bridgehead atoms. The first-order chi connectivity index (χ1) is 16.4. The quantitative estimate of drug-likeness (QED) is 0.321. The molecule has 0 radical (unpaired) electrons. The molecule has 1 aromatic heterocycles. The van der Waals surface area contributed by atoms with Crippen molar-refractivity contribution in [3.63, 3.8) is 0 Å². The van der Waals surface area contributed by atoms with Gasteiger partial charge in [-0.15, -0.1) is 0 Å². The standard InChI is InChI=1S/C28H25F2N3O/c1-28(29,30)22-8-6-7-20(17-22)27-14-12-23(34-27)19-32-15-4-5-16-33(32)26-13-11-21(18-31)24-9-2-3-10-25(24)26/h2-3,6-14,17H,4-5,15-16,19H2,1H3. The molecule has 5 rings (SSSR count). The second-order valence-electron chi connectivity index (χ2n) is 8.74. The molecule has 0 spiro atoms. The number of halogens is 2. The molecule has 0 N–H and O–H groups in total. The highest BCUT2D eigenvalue weighted by molar-refractivity contribution is 5.97. The van der Waals surface area contributed by atoms with Gasteiger partial charge in [0.1, 0.15) is 11.5 Å². The molecule has 34 heavy (non-hydrogen) atoms. The second kappa shape index (κ2) is 8.92. The molecule has 0 aliphatic carbocycles. The van der Waals surface area contributed by atoms with Crippen LogP contribution in [0.2, 0.25) is 0 Å². The Kier molecular flexibility index (Phi) is 5.80. The molecule has 6 heteroatoms. The Balaban J connectivity index is 1.43. The van der Waals surface area contributed by atoms with Crippen LogP contribution >= 0.6 is 0 Å². The fraction of sp³-hybridized carbons (Fsp3) is 0.250. The van der Waals surface area contributed by atoms with Gasteiger partial charge < -0.3 is 9.43 Å². The number of alkyl halides is 2. The minimum atomic E-state index is -2.90. The van der Waals surface area contributed by atoms with Gasteiger partial charge in [0.2, 0.25) is 0 Å². The molecule has 0 atom stereocenters. The first-order valence-corrected chi connectivity index (χ1v) is 11.5. The van der Waals surface area contributed by atoms with Crippen LogP contribution in [0.3, 0.4) is 0 Å². The van der Waals surface area contributed by atoms with Crippen LogP contribution in [0.4, 0.5) is 14.5 Å². The molecule has 172 valence electrons. The van der Waals surface area contributed by atoms with Gasteiger partial charge in [0, 0.05) is 41.9 Å². The van der Waals surface area contributed by atoms with Gasteiger partial charge in [0.15, 0.2) is 0 Å². The number of fused-ring (bicyclic) bond motifs is 1. The minimum Gasteiger partial charge on any atom is -0.460 e. The van der Waals surface area contributed by atoms with E-state index in [1.165, 1.54) is 12.1 Å². The van der Waals surface area contributed by atoms with E-state index in [9.17, 15) is 14.0 Å². The number of anilines is 1. The summed E-state index contributed by atoms with van der Waals surface area (Å²) < 4.78 is 33.6. The second-order valence-corrected chi connectivity index (χ2v) is 8.74. The van der Waals surface area contributed by atoms with Gasteiger partial charge in [0.25, 0.3) is 5.92 Å². The fourth-order valence-corrected chi connectivity index (χ4v) is 4.60. The van der Waals surface area contributed by atoms with Crippen LogP contribution in [0.1, 0.15) is 36.7 Å². The fourth-order valence-electron chi connectivity index (χ4n) is 4.60. The average molecular weight is 458 g/mol. The van der Waals surface area contributed by atoms with Gasteiger partial charge in [-0.3, -0.25) is 0 Å². The van der Waals surface area contributed by atoms with E-state index in [0.29, 0.717) is 23.4 Å². The summed E-state index contributed by atoms with van der Waals surface area (Å²) in [7, 11) is 0. The van der Waals surface area contributed by atoms with Crippen molar-refractivity contribution in [3.8, 4) is 17.4 Å². The normalized spacial score (nSPS) is 14.9. The Morgan fingerprint density at radius 2 is 1.74 bits per heavy atom. The van der Waals surface area contributed by atoms with E-state index >= 15 is 0 Å². The molecule has 0 saturated carbocycles. The molecule has 1 saturated heterocycles. The van der Waals surface area contributed by atoms with Crippen LogP contribution in [0.15, 0.2) is 77.2 Å². The Bertz CT molecular complexity index is 1370. The van der Waals surface area contributed by atoms with Crippen molar-refractivity contribution in [1.29, 1.82) is 5.26 Å². The highest BCUT2D eigenvalue weighted by Gasteiger charge is 2.26. The average Bonchev–Trinajstić information content (AvgIpc) is 3.32. The molecule has 0 amide bonds. The number of furan rings is 1. The van der Waals surface area contributed by atoms with Crippen molar-refractivity contribution < 1.29 is 13.2 Å². The van der Waals surface area contributed by atoms with Crippen molar-refractivity contribution in [2.75, 3.05) is 18.1 Å². The SMILES string of the molecule is CC(F)(F)c1cccc(-c2ccc(CN3CCCCN3c3ccc(C#N)c4ccccc34)o2)c1. The van der Waals surface area contributed by atoms with Crippen LogP contribution < -0.4 is 5.01 Å². The van der Waals surface area contributed by atoms with Crippen molar-refractivity contribution in [3.05, 3.63) is 89.7 Å². The zero-order valence-corrected chi connectivity index (χ0v) is 19.0. The molecule has 1 aliphatic rings. The summed E-state index contributed by atoms with van der Waals surface area (Å²) in [4.78, 5) is 0. The topological polar surface area (TPSA) is 43.4 Å². The van der Waals surface area contributed by atoms with E-state index in [-0.39, 0.29) is 5.56 Å². The predicted molar refractivity (Wildman–Crippen MR) is 129 cm³/mol. The number of nitrogens with zero attached hydrogens (tertiary/aromatic N) is 3. The van der Waals surface area contributed by atoms with Crippen LogP contribution in [-0.4, -0.2) is 18.1 Å². The summed E-state index contributed by atoms with van der Waals surface area (Å²) in [6.07, 6.45) is 2.15. The first-order valence-electron chi connectivity index (χ1n) is 11.5. The third kappa shape index (κ3) is 4.27. The van der Waals surface area contributed by atoms with Gasteiger partial charge in [0.05, 0.1) is 23.9 Å². The van der Waals surface area contributed by atoms with Gasteiger partial charge in [-0.2, -0.15) is 5.26 Å². The number of benzene rings is 3. The third-order valence-corrected chi connectivity index (χ3v) is 6.33. The maximum atomic E-state index is 13.8. The Morgan fingerprint density at radius 1 is 0.941 bits per heavy atom. The zero-order chi connectivity index (χ0) is 23.7. The summed E-state index contributed by atoms with van der Waals surface area (Å²) >= 11 is 0. The maximum Gasteiger partial charge on any atom is 0.270 e. The summed E-state index contributed by atoms with van der Waals surface area (Å²) in [5.74, 6) is -1.55. The molecule has 3 aromatic carbocycles. The number of rotatable bonds is 5. The predicted octanol–water partition coefficient (Wildman–Crippen LogP) is 7.10. The first kappa shape index (κ1) is 22.1. The Labute approximate surface area is 197 Å². The molecular formula is C28H25F2N3O. The molecule has 0 unspecified atom stereocenters. The number of hydrazine groups is 1. The van der Waals surface area contributed by atoms with Crippen molar-refractivity contribution >= 4 is 16.5 Å². The summed E-state index contributed by atoms with van der Waals surface area (Å²) in [6, 6.07) is 24.3. The molecule has 2 heterocycles. The van der Waals surface area contributed by atoms with E-state index in [4.69, 9.17) is 4.42 Å². The Morgan fingerprint density at radius 3 is 2.53 bits per heavy atom. The number of nitriles is 1. The van der Waals surface area contributed by atoms with E-state index in [2.05, 4.69) is 22.2 Å². The highest BCUT2D eigenvalue weighted by Crippen LogP contribution is 2.34. The molecule has 1 fully saturated rings. The molecule has 4 nitrogen and oxygen atoms in total. The molecule has 4 aromatic rings. The maximum absolute atomic E-state index is 13.8. The third-order valence-electron chi connectivity index (χ3n) is 6.33. The van der Waals surface area contributed by atoms with E-state index < -0.39 is 5.92 Å². The van der Waals surface area contributed by atoms with E-state index in [1.54, 1.807) is 12.1 Å². The van der Waals surface area contributed by atoms with Crippen LogP contribution in [0.5, 0.6) is 0 Å². The zero-order valence-electron chi connectivity index (χ0n) is 19.0. The number of hydrogen-bond acceptors (Lipinski definition) is 4. The lowest BCUT2D eigenvalue weighted by Gasteiger charge is -2.40. The lowest BCUT2D eigenvalue weighted by atomic mass is 10.0. The largest absolute Gasteiger partial charge is 0.460 e. The van der Waals surface area contributed by atoms with Gasteiger partial charge in [-0.1, -0.05) is 42.5 Å². The van der Waals surface area contributed by atoms with Crippen LogP contribution in [-0.2, 0) is 12.5 Å². The van der Waals surface area contributed by atoms with Crippen LogP contribution in [0.25, 0.3) is 22.1 Å². The van der Waals surface area contributed by atoms with Gasteiger partial charge in [-0.25, -0.2) is 13.8 Å². The lowest BCUT2D eigenvalue weighted by molar-refractivity contribution is 0.0175. The summed E-state index contributed by atoms with van der Waals surface area (Å²) in [5.41, 5.74) is 2.34. The minimum absolute atomic E-state index is 0.0298. The molecule has 1 aliphatic heterocycles. The highest BCUT2D eigenvalue weighted by atomic mass is 19.3. The summed E-state index contributed by atoms with van der Waals surface area (Å²) in [5, 5.41) is 16.0. The van der Waals surface area contributed by atoms with Crippen LogP contribution in [0, 0.1) is 11.3 Å². The smallest absolute Gasteiger partial charge is 0.270 e.